The Morgan fingerprint density at radius 3 is 2.71 bits per heavy atom. The van der Waals surface area contributed by atoms with Crippen molar-refractivity contribution in [1.29, 1.82) is 0 Å². The fourth-order valence-corrected chi connectivity index (χ4v) is 0.109. The third kappa shape index (κ3) is 2.79. The Morgan fingerprint density at radius 2 is 2.57 bits per heavy atom. The van der Waals surface area contributed by atoms with Crippen molar-refractivity contribution in [2.45, 2.75) is 13.0 Å². The minimum atomic E-state index is -0.523. The SMILES string of the molecule is CC(C=O)N=[N+]=[N-]. The molecule has 4 heteroatoms. The molecule has 0 rings (SSSR count). The summed E-state index contributed by atoms with van der Waals surface area (Å²) < 4.78 is 0. The van der Waals surface area contributed by atoms with Gasteiger partial charge in [0.25, 0.3) is 0 Å². The lowest BCUT2D eigenvalue weighted by molar-refractivity contribution is -0.108. The van der Waals surface area contributed by atoms with Gasteiger partial charge in [-0.05, 0) is 5.53 Å². The van der Waals surface area contributed by atoms with Gasteiger partial charge in [0, 0.05) is 4.91 Å². The molecule has 0 spiro atoms. The summed E-state index contributed by atoms with van der Waals surface area (Å²) in [6.45, 7) is 1.52. The summed E-state index contributed by atoms with van der Waals surface area (Å²) in [5.41, 5.74) is 7.67. The first-order valence-electron chi connectivity index (χ1n) is 1.80. The first-order valence-corrected chi connectivity index (χ1v) is 1.80. The molecule has 0 aliphatic carbocycles. The van der Waals surface area contributed by atoms with Crippen LogP contribution in [-0.2, 0) is 4.79 Å². The van der Waals surface area contributed by atoms with Gasteiger partial charge in [-0.2, -0.15) is 0 Å². The molecule has 1 atom stereocenters. The highest BCUT2D eigenvalue weighted by Gasteiger charge is 1.88. The second-order valence-corrected chi connectivity index (χ2v) is 1.08. The second-order valence-electron chi connectivity index (χ2n) is 1.08. The number of carbonyl (C=O) groups is 1. The van der Waals surface area contributed by atoms with Crippen LogP contribution in [0.3, 0.4) is 0 Å². The molecule has 0 N–H and O–H groups in total. The van der Waals surface area contributed by atoms with E-state index in [1.54, 1.807) is 0 Å². The van der Waals surface area contributed by atoms with E-state index in [1.807, 2.05) is 0 Å². The van der Waals surface area contributed by atoms with Crippen LogP contribution in [0, 0.1) is 0 Å². The van der Waals surface area contributed by atoms with Crippen LogP contribution in [0.1, 0.15) is 6.92 Å². The number of hydrogen-bond acceptors (Lipinski definition) is 2. The van der Waals surface area contributed by atoms with Gasteiger partial charge < -0.3 is 4.79 Å². The maximum Gasteiger partial charge on any atom is 0.128 e. The number of hydrogen-bond donors (Lipinski definition) is 0. The van der Waals surface area contributed by atoms with Gasteiger partial charge in [0.2, 0.25) is 0 Å². The Hall–Kier alpha value is -1.02. The summed E-state index contributed by atoms with van der Waals surface area (Å²) >= 11 is 0. The fraction of sp³-hybridized carbons (Fsp3) is 0.667. The van der Waals surface area contributed by atoms with Gasteiger partial charge >= 0.3 is 0 Å². The van der Waals surface area contributed by atoms with Gasteiger partial charge in [-0.15, -0.1) is 0 Å². The molecule has 0 bridgehead atoms. The van der Waals surface area contributed by atoms with Crippen LogP contribution in [0.15, 0.2) is 5.11 Å². The van der Waals surface area contributed by atoms with Crippen molar-refractivity contribution < 1.29 is 4.79 Å². The van der Waals surface area contributed by atoms with E-state index in [4.69, 9.17) is 5.53 Å². The van der Waals surface area contributed by atoms with E-state index >= 15 is 0 Å². The van der Waals surface area contributed by atoms with Crippen molar-refractivity contribution in [3.05, 3.63) is 10.4 Å². The lowest BCUT2D eigenvalue weighted by Gasteiger charge is -1.81. The smallest absolute Gasteiger partial charge is 0.128 e. The molecule has 1 unspecified atom stereocenters. The van der Waals surface area contributed by atoms with E-state index in [2.05, 4.69) is 10.0 Å². The van der Waals surface area contributed by atoms with Crippen LogP contribution in [0.25, 0.3) is 10.4 Å². The maximum absolute atomic E-state index is 9.63. The van der Waals surface area contributed by atoms with E-state index in [0.717, 1.165) is 0 Å². The molecule has 0 saturated heterocycles. The van der Waals surface area contributed by atoms with Gasteiger partial charge in [0.15, 0.2) is 0 Å². The third-order valence-corrected chi connectivity index (χ3v) is 0.431. The molecule has 0 aromatic rings. The van der Waals surface area contributed by atoms with Crippen molar-refractivity contribution in [3.8, 4) is 0 Å². The van der Waals surface area contributed by atoms with Crippen molar-refractivity contribution in [2.24, 2.45) is 5.11 Å². The summed E-state index contributed by atoms with van der Waals surface area (Å²) in [6.07, 6.45) is 0.583. The van der Waals surface area contributed by atoms with E-state index < -0.39 is 6.04 Å². The summed E-state index contributed by atoms with van der Waals surface area (Å²) in [5.74, 6) is 0. The average molecular weight is 99.1 g/mol. The highest BCUT2D eigenvalue weighted by Crippen LogP contribution is 1.80. The molecular weight excluding hydrogens is 94.1 g/mol. The molecule has 7 heavy (non-hydrogen) atoms. The second kappa shape index (κ2) is 3.18. The van der Waals surface area contributed by atoms with Gasteiger partial charge in [-0.3, -0.25) is 0 Å². The quantitative estimate of drug-likeness (QED) is 0.219. The Balaban J connectivity index is 3.56. The van der Waals surface area contributed by atoms with Crippen LogP contribution in [-0.4, -0.2) is 12.3 Å². The maximum atomic E-state index is 9.63. The van der Waals surface area contributed by atoms with Crippen molar-refractivity contribution in [2.75, 3.05) is 0 Å². The van der Waals surface area contributed by atoms with Crippen LogP contribution in [0.2, 0.25) is 0 Å². The Labute approximate surface area is 40.8 Å². The summed E-state index contributed by atoms with van der Waals surface area (Å²) in [4.78, 5) is 12.0. The zero-order valence-corrected chi connectivity index (χ0v) is 3.90. The number of aldehydes is 1. The van der Waals surface area contributed by atoms with Crippen LogP contribution in [0.4, 0.5) is 0 Å². The fourth-order valence-electron chi connectivity index (χ4n) is 0.109. The highest BCUT2D eigenvalue weighted by molar-refractivity contribution is 5.56. The highest BCUT2D eigenvalue weighted by atomic mass is 16.1. The molecule has 0 aromatic heterocycles. The van der Waals surface area contributed by atoms with Crippen LogP contribution in [0.5, 0.6) is 0 Å². The lowest BCUT2D eigenvalue weighted by Crippen LogP contribution is -1.94. The van der Waals surface area contributed by atoms with Crippen LogP contribution < -0.4 is 0 Å². The van der Waals surface area contributed by atoms with E-state index in [-0.39, 0.29) is 0 Å². The van der Waals surface area contributed by atoms with Gasteiger partial charge in [-0.25, -0.2) is 0 Å². The Morgan fingerprint density at radius 1 is 2.00 bits per heavy atom. The number of nitrogens with zero attached hydrogens (tertiary/aromatic N) is 3. The monoisotopic (exact) mass is 99.0 g/mol. The van der Waals surface area contributed by atoms with Gasteiger partial charge in [0.1, 0.15) is 6.29 Å². The molecular formula is C3H5N3O. The Kier molecular flexibility index (Phi) is 2.72. The molecule has 0 aliphatic heterocycles. The summed E-state index contributed by atoms with van der Waals surface area (Å²) in [5, 5.41) is 3.06. The molecule has 38 valence electrons. The number of azide groups is 1. The molecule has 0 radical (unpaired) electrons. The van der Waals surface area contributed by atoms with Crippen LogP contribution >= 0.6 is 0 Å². The molecule has 0 amide bonds. The Bertz CT molecular complexity index is 105. The van der Waals surface area contributed by atoms with E-state index in [1.165, 1.54) is 6.92 Å². The summed E-state index contributed by atoms with van der Waals surface area (Å²) in [6, 6.07) is -0.523. The zero-order chi connectivity index (χ0) is 5.70. The lowest BCUT2D eigenvalue weighted by atomic mass is 10.4. The minimum Gasteiger partial charge on any atom is -0.303 e. The van der Waals surface area contributed by atoms with Gasteiger partial charge in [-0.1, -0.05) is 12.0 Å². The number of rotatable bonds is 2. The number of carbonyl (C=O) groups excluding carboxylic acids is 1. The molecule has 0 heterocycles. The third-order valence-electron chi connectivity index (χ3n) is 0.431. The normalized spacial score (nSPS) is 11.6. The molecule has 0 aliphatic rings. The molecule has 0 fully saturated rings. The van der Waals surface area contributed by atoms with E-state index in [9.17, 15) is 4.79 Å². The van der Waals surface area contributed by atoms with Crippen molar-refractivity contribution in [1.82, 2.24) is 0 Å². The average Bonchev–Trinajstić information content (AvgIpc) is 1.68. The van der Waals surface area contributed by atoms with E-state index in [0.29, 0.717) is 6.29 Å². The largest absolute Gasteiger partial charge is 0.303 e. The molecule has 0 saturated carbocycles. The van der Waals surface area contributed by atoms with Crippen molar-refractivity contribution >= 4 is 6.29 Å². The topological polar surface area (TPSA) is 65.8 Å². The molecule has 0 aromatic carbocycles. The minimum absolute atomic E-state index is 0.523. The first kappa shape index (κ1) is 5.98. The van der Waals surface area contributed by atoms with Crippen molar-refractivity contribution in [3.63, 3.8) is 0 Å². The van der Waals surface area contributed by atoms with Gasteiger partial charge in [0.05, 0.1) is 6.04 Å². The predicted molar refractivity (Wildman–Crippen MR) is 24.7 cm³/mol. The standard InChI is InChI=1S/C3H5N3O/c1-3(2-7)5-6-4/h2-3H,1H3. The first-order chi connectivity index (χ1) is 3.31. The molecule has 4 nitrogen and oxygen atoms in total. The predicted octanol–water partition coefficient (Wildman–Crippen LogP) is 0.884. The summed E-state index contributed by atoms with van der Waals surface area (Å²) in [7, 11) is 0. The zero-order valence-electron chi connectivity index (χ0n) is 3.90.